The lowest BCUT2D eigenvalue weighted by Crippen LogP contribution is -1.96. The van der Waals surface area contributed by atoms with E-state index in [2.05, 4.69) is 18.8 Å². The van der Waals surface area contributed by atoms with E-state index in [0.29, 0.717) is 0 Å². The highest BCUT2D eigenvalue weighted by atomic mass is 14.5. The van der Waals surface area contributed by atoms with E-state index in [1.54, 1.807) is 0 Å². The molecule has 0 aromatic heterocycles. The van der Waals surface area contributed by atoms with Gasteiger partial charge < -0.3 is 5.73 Å². The second-order valence-corrected chi connectivity index (χ2v) is 5.53. The van der Waals surface area contributed by atoms with Gasteiger partial charge in [-0.15, -0.1) is 11.8 Å². The summed E-state index contributed by atoms with van der Waals surface area (Å²) >= 11 is 0. The maximum absolute atomic E-state index is 5.43. The van der Waals surface area contributed by atoms with Crippen molar-refractivity contribution in [2.24, 2.45) is 5.73 Å². The highest BCUT2D eigenvalue weighted by Crippen LogP contribution is 2.10. The average Bonchev–Trinajstić information content (AvgIpc) is 2.43. The van der Waals surface area contributed by atoms with Crippen LogP contribution in [-0.4, -0.2) is 6.54 Å². The van der Waals surface area contributed by atoms with Crippen LogP contribution in [0.15, 0.2) is 0 Å². The van der Waals surface area contributed by atoms with Crippen LogP contribution in [0, 0.1) is 11.8 Å². The first kappa shape index (κ1) is 18.5. The topological polar surface area (TPSA) is 26.0 Å². The zero-order valence-corrected chi connectivity index (χ0v) is 13.2. The molecule has 0 aliphatic rings. The van der Waals surface area contributed by atoms with E-state index in [4.69, 9.17) is 5.73 Å². The molecule has 1 heteroatoms. The van der Waals surface area contributed by atoms with Gasteiger partial charge in [0, 0.05) is 12.8 Å². The summed E-state index contributed by atoms with van der Waals surface area (Å²) in [6, 6.07) is 0. The van der Waals surface area contributed by atoms with Gasteiger partial charge in [-0.1, -0.05) is 64.7 Å². The average molecular weight is 265 g/mol. The van der Waals surface area contributed by atoms with Crippen molar-refractivity contribution in [1.29, 1.82) is 0 Å². The van der Waals surface area contributed by atoms with E-state index in [9.17, 15) is 0 Å². The monoisotopic (exact) mass is 265 g/mol. The minimum atomic E-state index is 0.806. The molecule has 0 atom stereocenters. The SMILES string of the molecule is CCCCCCCCCCCCC#CCCCCN. The summed E-state index contributed by atoms with van der Waals surface area (Å²) in [6.45, 7) is 3.08. The fourth-order valence-corrected chi connectivity index (χ4v) is 2.24. The summed E-state index contributed by atoms with van der Waals surface area (Å²) in [4.78, 5) is 0. The summed E-state index contributed by atoms with van der Waals surface area (Å²) in [7, 11) is 0. The van der Waals surface area contributed by atoms with Gasteiger partial charge in [-0.05, 0) is 25.8 Å². The third-order valence-electron chi connectivity index (χ3n) is 3.54. The third-order valence-corrected chi connectivity index (χ3v) is 3.54. The minimum absolute atomic E-state index is 0.806. The summed E-state index contributed by atoms with van der Waals surface area (Å²) in [5.74, 6) is 6.52. The largest absolute Gasteiger partial charge is 0.330 e. The molecular formula is C18H35N. The second kappa shape index (κ2) is 17.5. The van der Waals surface area contributed by atoms with E-state index < -0.39 is 0 Å². The van der Waals surface area contributed by atoms with Crippen molar-refractivity contribution in [2.75, 3.05) is 6.54 Å². The molecule has 0 bridgehead atoms. The molecule has 0 spiro atoms. The summed E-state index contributed by atoms with van der Waals surface area (Å²) in [6.07, 6.45) is 18.5. The van der Waals surface area contributed by atoms with E-state index in [1.807, 2.05) is 0 Å². The van der Waals surface area contributed by atoms with Crippen LogP contribution in [0.4, 0.5) is 0 Å². The van der Waals surface area contributed by atoms with Crippen molar-refractivity contribution >= 4 is 0 Å². The van der Waals surface area contributed by atoms with E-state index in [-0.39, 0.29) is 0 Å². The van der Waals surface area contributed by atoms with Crippen molar-refractivity contribution in [1.82, 2.24) is 0 Å². The molecule has 0 saturated heterocycles. The van der Waals surface area contributed by atoms with Gasteiger partial charge in [-0.25, -0.2) is 0 Å². The van der Waals surface area contributed by atoms with Crippen molar-refractivity contribution in [3.05, 3.63) is 0 Å². The molecule has 0 saturated carbocycles. The lowest BCUT2D eigenvalue weighted by Gasteiger charge is -2.00. The first-order valence-electron chi connectivity index (χ1n) is 8.57. The molecule has 112 valence electrons. The van der Waals surface area contributed by atoms with E-state index >= 15 is 0 Å². The molecule has 0 fully saturated rings. The van der Waals surface area contributed by atoms with Gasteiger partial charge >= 0.3 is 0 Å². The number of hydrogen-bond acceptors (Lipinski definition) is 1. The Morgan fingerprint density at radius 1 is 0.579 bits per heavy atom. The maximum Gasteiger partial charge on any atom is 0.00891 e. The standard InChI is InChI=1S/C18H35N/c1-2-3-4-5-6-7-8-9-10-11-12-13-14-15-16-17-18-19/h2-12,15-19H2,1H3. The molecule has 0 amide bonds. The van der Waals surface area contributed by atoms with Gasteiger partial charge in [-0.3, -0.25) is 0 Å². The third kappa shape index (κ3) is 17.5. The van der Waals surface area contributed by atoms with Crippen LogP contribution >= 0.6 is 0 Å². The lowest BCUT2D eigenvalue weighted by molar-refractivity contribution is 0.558. The number of rotatable bonds is 13. The summed E-state index contributed by atoms with van der Waals surface area (Å²) in [5, 5.41) is 0. The molecule has 0 aliphatic carbocycles. The first-order chi connectivity index (χ1) is 9.41. The molecule has 0 unspecified atom stereocenters. The fourth-order valence-electron chi connectivity index (χ4n) is 2.24. The van der Waals surface area contributed by atoms with Crippen molar-refractivity contribution in [2.45, 2.75) is 96.8 Å². The fraction of sp³-hybridized carbons (Fsp3) is 0.889. The summed E-state index contributed by atoms with van der Waals surface area (Å²) < 4.78 is 0. The molecule has 0 aromatic rings. The number of hydrogen-bond donors (Lipinski definition) is 1. The zero-order valence-electron chi connectivity index (χ0n) is 13.2. The van der Waals surface area contributed by atoms with E-state index in [1.165, 1.54) is 70.6 Å². The Labute approximate surface area is 121 Å². The molecule has 0 radical (unpaired) electrons. The van der Waals surface area contributed by atoms with Crippen LogP contribution in [-0.2, 0) is 0 Å². The van der Waals surface area contributed by atoms with Crippen LogP contribution in [0.5, 0.6) is 0 Å². The normalized spacial score (nSPS) is 10.2. The van der Waals surface area contributed by atoms with Crippen LogP contribution < -0.4 is 5.73 Å². The Morgan fingerprint density at radius 2 is 1.00 bits per heavy atom. The molecule has 19 heavy (non-hydrogen) atoms. The van der Waals surface area contributed by atoms with Gasteiger partial charge in [0.2, 0.25) is 0 Å². The molecule has 0 aliphatic heterocycles. The quantitative estimate of drug-likeness (QED) is 0.349. The van der Waals surface area contributed by atoms with Gasteiger partial charge in [0.15, 0.2) is 0 Å². The Balaban J connectivity index is 3.02. The highest BCUT2D eigenvalue weighted by Gasteiger charge is 1.91. The molecule has 0 aromatic carbocycles. The number of nitrogens with two attached hydrogens (primary N) is 1. The molecule has 0 rings (SSSR count). The highest BCUT2D eigenvalue weighted by molar-refractivity contribution is 4.98. The van der Waals surface area contributed by atoms with Crippen LogP contribution in [0.2, 0.25) is 0 Å². The summed E-state index contributed by atoms with van der Waals surface area (Å²) in [5.41, 5.74) is 5.43. The Kier molecular flexibility index (Phi) is 17.1. The van der Waals surface area contributed by atoms with Crippen molar-refractivity contribution < 1.29 is 0 Å². The van der Waals surface area contributed by atoms with Crippen LogP contribution in [0.25, 0.3) is 0 Å². The predicted molar refractivity (Wildman–Crippen MR) is 87.1 cm³/mol. The predicted octanol–water partition coefficient (Wildman–Crippen LogP) is 5.43. The van der Waals surface area contributed by atoms with E-state index in [0.717, 1.165) is 25.8 Å². The Hall–Kier alpha value is -0.480. The van der Waals surface area contributed by atoms with Gasteiger partial charge in [0.05, 0.1) is 0 Å². The minimum Gasteiger partial charge on any atom is -0.330 e. The van der Waals surface area contributed by atoms with Crippen LogP contribution in [0.1, 0.15) is 96.8 Å². The molecule has 2 N–H and O–H groups in total. The lowest BCUT2D eigenvalue weighted by atomic mass is 10.1. The van der Waals surface area contributed by atoms with Gasteiger partial charge in [0.25, 0.3) is 0 Å². The second-order valence-electron chi connectivity index (χ2n) is 5.53. The number of unbranched alkanes of at least 4 members (excludes halogenated alkanes) is 12. The van der Waals surface area contributed by atoms with Crippen LogP contribution in [0.3, 0.4) is 0 Å². The maximum atomic E-state index is 5.43. The first-order valence-corrected chi connectivity index (χ1v) is 8.57. The zero-order chi connectivity index (χ0) is 14.0. The van der Waals surface area contributed by atoms with Gasteiger partial charge in [-0.2, -0.15) is 0 Å². The Bertz CT molecular complexity index is 211. The molecular weight excluding hydrogens is 230 g/mol. The van der Waals surface area contributed by atoms with Crippen molar-refractivity contribution in [3.63, 3.8) is 0 Å². The van der Waals surface area contributed by atoms with Crippen molar-refractivity contribution in [3.8, 4) is 11.8 Å². The molecule has 0 heterocycles. The smallest absolute Gasteiger partial charge is 0.00891 e. The molecule has 1 nitrogen and oxygen atoms in total. The Morgan fingerprint density at radius 3 is 1.47 bits per heavy atom. The van der Waals surface area contributed by atoms with Gasteiger partial charge in [0.1, 0.15) is 0 Å².